The zero-order valence-electron chi connectivity index (χ0n) is 12.2. The maximum atomic E-state index is 6.43. The normalized spacial score (nSPS) is 11.5. The Bertz CT molecular complexity index is 797. The van der Waals surface area contributed by atoms with Gasteiger partial charge in [-0.3, -0.25) is 4.57 Å². The van der Waals surface area contributed by atoms with Crippen molar-refractivity contribution in [2.24, 2.45) is 0 Å². The molecule has 0 aliphatic heterocycles. The van der Waals surface area contributed by atoms with E-state index in [1.165, 1.54) is 0 Å². The fourth-order valence-electron chi connectivity index (χ4n) is 2.66. The van der Waals surface area contributed by atoms with Gasteiger partial charge in [0, 0.05) is 6.54 Å². The highest BCUT2D eigenvalue weighted by Gasteiger charge is 2.21. The Kier molecular flexibility index (Phi) is 3.68. The summed E-state index contributed by atoms with van der Waals surface area (Å²) < 4.78 is 3.97. The van der Waals surface area contributed by atoms with Gasteiger partial charge in [0.1, 0.15) is 11.3 Å². The summed E-state index contributed by atoms with van der Waals surface area (Å²) in [5, 5.41) is 5.22. The van der Waals surface area contributed by atoms with Gasteiger partial charge < -0.3 is 0 Å². The lowest BCUT2D eigenvalue weighted by molar-refractivity contribution is 0.660. The third-order valence-electron chi connectivity index (χ3n) is 3.61. The first kappa shape index (κ1) is 14.4. The highest BCUT2D eigenvalue weighted by atomic mass is 35.5. The van der Waals surface area contributed by atoms with Crippen molar-refractivity contribution >= 4 is 34.4 Å². The molecule has 0 amide bonds. The van der Waals surface area contributed by atoms with Gasteiger partial charge in [-0.05, 0) is 32.4 Å². The van der Waals surface area contributed by atoms with E-state index in [1.54, 1.807) is 0 Å². The predicted octanol–water partition coefficient (Wildman–Crippen LogP) is 4.25. The Morgan fingerprint density at radius 1 is 1.24 bits per heavy atom. The van der Waals surface area contributed by atoms with Gasteiger partial charge in [0.05, 0.1) is 22.3 Å². The molecular formula is C15H16Cl2N4. The molecule has 0 N–H and O–H groups in total. The van der Waals surface area contributed by atoms with Crippen molar-refractivity contribution in [3.8, 4) is 5.69 Å². The molecule has 0 unspecified atom stereocenters. The summed E-state index contributed by atoms with van der Waals surface area (Å²) >= 11 is 12.5. The minimum atomic E-state index is 0.322. The van der Waals surface area contributed by atoms with Gasteiger partial charge in [-0.25, -0.2) is 9.67 Å². The third-order valence-corrected chi connectivity index (χ3v) is 4.16. The number of fused-ring (bicyclic) bond motifs is 1. The van der Waals surface area contributed by atoms with E-state index in [1.807, 2.05) is 41.3 Å². The monoisotopic (exact) mass is 322 g/mol. The number of aromatic nitrogens is 4. The molecule has 0 bridgehead atoms. The summed E-state index contributed by atoms with van der Waals surface area (Å²) in [7, 11) is 0. The first-order chi connectivity index (χ1) is 10.1. The number of nitrogens with zero attached hydrogens (tertiary/aromatic N) is 4. The highest BCUT2D eigenvalue weighted by Crippen LogP contribution is 2.31. The van der Waals surface area contributed by atoms with Gasteiger partial charge in [0.2, 0.25) is 0 Å². The van der Waals surface area contributed by atoms with E-state index in [9.17, 15) is 0 Å². The number of hydrogen-bond donors (Lipinski definition) is 0. The topological polar surface area (TPSA) is 35.6 Å². The second-order valence-electron chi connectivity index (χ2n) is 4.98. The van der Waals surface area contributed by atoms with E-state index in [-0.39, 0.29) is 0 Å². The van der Waals surface area contributed by atoms with Crippen LogP contribution in [0.1, 0.15) is 24.0 Å². The number of alkyl halides is 1. The van der Waals surface area contributed by atoms with Crippen LogP contribution in [-0.4, -0.2) is 19.3 Å². The average molecular weight is 323 g/mol. The molecule has 6 heteroatoms. The van der Waals surface area contributed by atoms with Gasteiger partial charge in [0.15, 0.2) is 5.65 Å². The molecular weight excluding hydrogens is 307 g/mol. The molecule has 0 spiro atoms. The fourth-order valence-corrected chi connectivity index (χ4v) is 3.15. The minimum Gasteiger partial charge on any atom is -0.278 e. The van der Waals surface area contributed by atoms with Crippen LogP contribution in [0.4, 0.5) is 0 Å². The van der Waals surface area contributed by atoms with Crippen LogP contribution in [0.15, 0.2) is 18.2 Å². The smallest absolute Gasteiger partial charge is 0.163 e. The SMILES string of the molecule is CCn1nc(C)c2nc(CCl)n(-c3c(C)cccc3Cl)c21. The molecule has 3 rings (SSSR count). The second-order valence-corrected chi connectivity index (χ2v) is 5.65. The third kappa shape index (κ3) is 2.14. The molecule has 2 heterocycles. The number of halogens is 2. The molecule has 0 saturated heterocycles. The quantitative estimate of drug-likeness (QED) is 0.676. The lowest BCUT2D eigenvalue weighted by Crippen LogP contribution is -2.08. The zero-order valence-corrected chi connectivity index (χ0v) is 13.7. The first-order valence-electron chi connectivity index (χ1n) is 6.84. The number of aryl methyl sites for hydroxylation is 3. The molecule has 3 aromatic rings. The minimum absolute atomic E-state index is 0.322. The van der Waals surface area contributed by atoms with Crippen LogP contribution in [0, 0.1) is 13.8 Å². The van der Waals surface area contributed by atoms with E-state index in [0.29, 0.717) is 10.9 Å². The first-order valence-corrected chi connectivity index (χ1v) is 7.75. The van der Waals surface area contributed by atoms with E-state index in [2.05, 4.69) is 17.0 Å². The van der Waals surface area contributed by atoms with Gasteiger partial charge in [-0.1, -0.05) is 23.7 Å². The van der Waals surface area contributed by atoms with Crippen molar-refractivity contribution in [1.29, 1.82) is 0 Å². The molecule has 4 nitrogen and oxygen atoms in total. The number of para-hydroxylation sites is 1. The summed E-state index contributed by atoms with van der Waals surface area (Å²) in [5.74, 6) is 1.10. The summed E-state index contributed by atoms with van der Waals surface area (Å²) in [6, 6.07) is 5.86. The lowest BCUT2D eigenvalue weighted by Gasteiger charge is -2.13. The Morgan fingerprint density at radius 3 is 2.62 bits per heavy atom. The van der Waals surface area contributed by atoms with E-state index >= 15 is 0 Å². The van der Waals surface area contributed by atoms with E-state index < -0.39 is 0 Å². The van der Waals surface area contributed by atoms with E-state index in [0.717, 1.165) is 40.5 Å². The molecule has 1 aromatic carbocycles. The highest BCUT2D eigenvalue weighted by molar-refractivity contribution is 6.32. The van der Waals surface area contributed by atoms with Crippen molar-refractivity contribution < 1.29 is 0 Å². The summed E-state index contributed by atoms with van der Waals surface area (Å²) in [4.78, 5) is 4.65. The van der Waals surface area contributed by atoms with Gasteiger partial charge in [-0.2, -0.15) is 5.10 Å². The lowest BCUT2D eigenvalue weighted by atomic mass is 10.2. The molecule has 2 aromatic heterocycles. The molecule has 21 heavy (non-hydrogen) atoms. The Hall–Kier alpha value is -1.52. The maximum absolute atomic E-state index is 6.43. The van der Waals surface area contributed by atoms with Crippen LogP contribution in [-0.2, 0) is 12.4 Å². The predicted molar refractivity (Wildman–Crippen MR) is 86.6 cm³/mol. The average Bonchev–Trinajstić information content (AvgIpc) is 2.97. The standard InChI is InChI=1S/C15H16Cl2N4/c1-4-20-15-13(10(3)19-20)18-12(8-16)21(15)14-9(2)6-5-7-11(14)17/h5-7H,4,8H2,1-3H3. The van der Waals surface area contributed by atoms with Crippen molar-refractivity contribution in [3.63, 3.8) is 0 Å². The molecule has 0 aliphatic rings. The Balaban J connectivity index is 2.45. The molecule has 110 valence electrons. The number of imidazole rings is 1. The second kappa shape index (κ2) is 5.35. The Labute approximate surface area is 133 Å². The fraction of sp³-hybridized carbons (Fsp3) is 0.333. The van der Waals surface area contributed by atoms with Crippen molar-refractivity contribution in [2.75, 3.05) is 0 Å². The van der Waals surface area contributed by atoms with Gasteiger partial charge in [-0.15, -0.1) is 11.6 Å². The summed E-state index contributed by atoms with van der Waals surface area (Å²) in [6.07, 6.45) is 0. The van der Waals surface area contributed by atoms with Crippen molar-refractivity contribution in [1.82, 2.24) is 19.3 Å². The van der Waals surface area contributed by atoms with Crippen LogP contribution in [0.5, 0.6) is 0 Å². The molecule has 0 aliphatic carbocycles. The molecule has 0 radical (unpaired) electrons. The van der Waals surface area contributed by atoms with Crippen molar-refractivity contribution in [2.45, 2.75) is 33.2 Å². The van der Waals surface area contributed by atoms with E-state index in [4.69, 9.17) is 23.2 Å². The van der Waals surface area contributed by atoms with Gasteiger partial charge >= 0.3 is 0 Å². The number of rotatable bonds is 3. The number of benzene rings is 1. The molecule has 0 fully saturated rings. The summed E-state index contributed by atoms with van der Waals surface area (Å²) in [5.41, 5.74) is 4.73. The molecule has 0 atom stereocenters. The van der Waals surface area contributed by atoms with Crippen LogP contribution < -0.4 is 0 Å². The zero-order chi connectivity index (χ0) is 15.1. The Morgan fingerprint density at radius 2 is 2.00 bits per heavy atom. The number of hydrogen-bond acceptors (Lipinski definition) is 2. The van der Waals surface area contributed by atoms with Crippen LogP contribution in [0.2, 0.25) is 5.02 Å². The maximum Gasteiger partial charge on any atom is 0.163 e. The summed E-state index contributed by atoms with van der Waals surface area (Å²) in [6.45, 7) is 6.82. The van der Waals surface area contributed by atoms with Crippen LogP contribution >= 0.6 is 23.2 Å². The molecule has 0 saturated carbocycles. The van der Waals surface area contributed by atoms with Crippen LogP contribution in [0.25, 0.3) is 16.9 Å². The van der Waals surface area contributed by atoms with Gasteiger partial charge in [0.25, 0.3) is 0 Å². The van der Waals surface area contributed by atoms with Crippen LogP contribution in [0.3, 0.4) is 0 Å². The van der Waals surface area contributed by atoms with Crippen molar-refractivity contribution in [3.05, 3.63) is 40.3 Å². The largest absolute Gasteiger partial charge is 0.278 e.